The molecule has 0 saturated heterocycles. The first-order chi connectivity index (χ1) is 9.21. The van der Waals surface area contributed by atoms with Crippen LogP contribution in [0.5, 0.6) is 0 Å². The van der Waals surface area contributed by atoms with Crippen molar-refractivity contribution in [3.8, 4) is 6.07 Å². The van der Waals surface area contributed by atoms with Gasteiger partial charge in [0, 0.05) is 12.6 Å². The van der Waals surface area contributed by atoms with E-state index in [2.05, 4.69) is 0 Å². The summed E-state index contributed by atoms with van der Waals surface area (Å²) in [5, 5.41) is 8.74. The van der Waals surface area contributed by atoms with Crippen LogP contribution in [0.4, 0.5) is 4.79 Å². The maximum Gasteiger partial charge on any atom is 0.410 e. The highest BCUT2D eigenvalue weighted by atomic mass is 16.6. The number of carbonyl (C=O) groups excluding carboxylic acids is 2. The summed E-state index contributed by atoms with van der Waals surface area (Å²) in [6, 6.07) is 1.70. The van der Waals surface area contributed by atoms with Crippen molar-refractivity contribution in [2.24, 2.45) is 0 Å². The zero-order valence-electron chi connectivity index (χ0n) is 12.9. The molecule has 0 aromatic rings. The van der Waals surface area contributed by atoms with E-state index in [9.17, 15) is 9.59 Å². The van der Waals surface area contributed by atoms with Gasteiger partial charge < -0.3 is 14.4 Å². The van der Waals surface area contributed by atoms with Crippen LogP contribution in [0.15, 0.2) is 0 Å². The Morgan fingerprint density at radius 3 is 2.40 bits per heavy atom. The maximum atomic E-state index is 12.1. The Bertz CT molecular complexity index is 368. The van der Waals surface area contributed by atoms with Gasteiger partial charge >= 0.3 is 12.1 Å². The molecule has 0 aromatic carbocycles. The summed E-state index contributed by atoms with van der Waals surface area (Å²) in [4.78, 5) is 24.9. The molecule has 6 nitrogen and oxygen atoms in total. The predicted octanol–water partition coefficient (Wildman–Crippen LogP) is 2.48. The lowest BCUT2D eigenvalue weighted by molar-refractivity contribution is -0.143. The quantitative estimate of drug-likeness (QED) is 0.700. The average Bonchev–Trinajstić information content (AvgIpc) is 2.27. The van der Waals surface area contributed by atoms with Gasteiger partial charge in [0.2, 0.25) is 0 Å². The topological polar surface area (TPSA) is 79.6 Å². The van der Waals surface area contributed by atoms with Crippen molar-refractivity contribution in [3.63, 3.8) is 0 Å². The minimum atomic E-state index is -0.619. The number of rotatable bonds is 6. The minimum absolute atomic E-state index is 0.0862. The molecule has 0 unspecified atom stereocenters. The van der Waals surface area contributed by atoms with Crippen LogP contribution in [0, 0.1) is 11.3 Å². The molecule has 1 amide bonds. The summed E-state index contributed by atoms with van der Waals surface area (Å²) in [7, 11) is 0. The van der Waals surface area contributed by atoms with Gasteiger partial charge in [-0.25, -0.2) is 4.79 Å². The summed E-state index contributed by atoms with van der Waals surface area (Å²) in [5.41, 5.74) is -0.619. The average molecular weight is 284 g/mol. The zero-order valence-corrected chi connectivity index (χ0v) is 12.9. The molecule has 0 rings (SSSR count). The van der Waals surface area contributed by atoms with E-state index in [0.717, 1.165) is 0 Å². The number of amides is 1. The molecule has 114 valence electrons. The first-order valence-electron chi connectivity index (χ1n) is 6.73. The predicted molar refractivity (Wildman–Crippen MR) is 73.9 cm³/mol. The van der Waals surface area contributed by atoms with Gasteiger partial charge in [-0.1, -0.05) is 0 Å². The zero-order chi connectivity index (χ0) is 15.8. The number of nitrogens with zero attached hydrogens (tertiary/aromatic N) is 2. The number of hydrogen-bond donors (Lipinski definition) is 0. The fourth-order valence-electron chi connectivity index (χ4n) is 1.50. The van der Waals surface area contributed by atoms with Crippen LogP contribution in [0.3, 0.4) is 0 Å². The number of carbonyl (C=O) groups is 2. The maximum absolute atomic E-state index is 12.1. The van der Waals surface area contributed by atoms with E-state index in [1.54, 1.807) is 34.6 Å². The summed E-state index contributed by atoms with van der Waals surface area (Å²) in [6.07, 6.45) is -0.255. The highest BCUT2D eigenvalue weighted by molar-refractivity contribution is 5.72. The Balaban J connectivity index is 4.69. The molecular formula is C14H24N2O4. The van der Waals surface area contributed by atoms with E-state index >= 15 is 0 Å². The number of ether oxygens (including phenoxy) is 2. The fourth-order valence-corrected chi connectivity index (χ4v) is 1.50. The van der Waals surface area contributed by atoms with Gasteiger partial charge in [0.05, 0.1) is 25.5 Å². The van der Waals surface area contributed by atoms with Crippen LogP contribution in [-0.4, -0.2) is 41.8 Å². The Kier molecular flexibility index (Phi) is 7.67. The van der Waals surface area contributed by atoms with E-state index in [1.807, 2.05) is 6.07 Å². The molecule has 0 N–H and O–H groups in total. The lowest BCUT2D eigenvalue weighted by Crippen LogP contribution is -2.43. The van der Waals surface area contributed by atoms with Crippen molar-refractivity contribution < 1.29 is 19.1 Å². The summed E-state index contributed by atoms with van der Waals surface area (Å²) >= 11 is 0. The lowest BCUT2D eigenvalue weighted by atomic mass is 10.2. The minimum Gasteiger partial charge on any atom is -0.466 e. The lowest BCUT2D eigenvalue weighted by Gasteiger charge is -2.30. The van der Waals surface area contributed by atoms with Crippen molar-refractivity contribution >= 4 is 12.1 Å². The van der Waals surface area contributed by atoms with Gasteiger partial charge in [0.1, 0.15) is 5.60 Å². The largest absolute Gasteiger partial charge is 0.466 e. The smallest absolute Gasteiger partial charge is 0.410 e. The molecule has 0 saturated carbocycles. The van der Waals surface area contributed by atoms with Crippen molar-refractivity contribution in [3.05, 3.63) is 0 Å². The molecule has 0 fully saturated rings. The van der Waals surface area contributed by atoms with Crippen molar-refractivity contribution in [2.45, 2.75) is 59.1 Å². The molecule has 0 bridgehead atoms. The molecule has 6 heteroatoms. The SMILES string of the molecule is CCOC(=O)CCN(C(=O)OC(C)(C)C)[C@@H](C)CC#N. The molecular weight excluding hydrogens is 260 g/mol. The van der Waals surface area contributed by atoms with Gasteiger partial charge in [-0.2, -0.15) is 5.26 Å². The van der Waals surface area contributed by atoms with Gasteiger partial charge in [-0.3, -0.25) is 4.79 Å². The Morgan fingerprint density at radius 2 is 1.95 bits per heavy atom. The molecule has 0 spiro atoms. The van der Waals surface area contributed by atoms with Crippen molar-refractivity contribution in [2.75, 3.05) is 13.2 Å². The number of nitriles is 1. The Morgan fingerprint density at radius 1 is 1.35 bits per heavy atom. The molecule has 0 heterocycles. The number of esters is 1. The van der Waals surface area contributed by atoms with E-state index < -0.39 is 11.7 Å². The van der Waals surface area contributed by atoms with Crippen LogP contribution >= 0.6 is 0 Å². The Hall–Kier alpha value is -1.77. The standard InChI is InChI=1S/C14H24N2O4/c1-6-19-12(17)8-10-16(11(2)7-9-15)13(18)20-14(3,4)5/h11H,6-8,10H2,1-5H3/t11-/m0/s1. The van der Waals surface area contributed by atoms with Crippen LogP contribution < -0.4 is 0 Å². The van der Waals surface area contributed by atoms with Crippen molar-refractivity contribution in [1.29, 1.82) is 5.26 Å². The fraction of sp³-hybridized carbons (Fsp3) is 0.786. The first kappa shape index (κ1) is 18.2. The van der Waals surface area contributed by atoms with Crippen LogP contribution in [0.2, 0.25) is 0 Å². The van der Waals surface area contributed by atoms with Gasteiger partial charge in [0.15, 0.2) is 0 Å². The van der Waals surface area contributed by atoms with Crippen molar-refractivity contribution in [1.82, 2.24) is 4.90 Å². The van der Waals surface area contributed by atoms with E-state index in [1.165, 1.54) is 4.90 Å². The van der Waals surface area contributed by atoms with E-state index in [4.69, 9.17) is 14.7 Å². The molecule has 0 aliphatic heterocycles. The van der Waals surface area contributed by atoms with Gasteiger partial charge in [0.25, 0.3) is 0 Å². The molecule has 0 aliphatic carbocycles. The molecule has 0 aliphatic rings. The van der Waals surface area contributed by atoms with E-state index in [-0.39, 0.29) is 31.4 Å². The molecule has 0 radical (unpaired) electrons. The third kappa shape index (κ3) is 7.62. The van der Waals surface area contributed by atoms with Gasteiger partial charge in [-0.05, 0) is 34.6 Å². The molecule has 20 heavy (non-hydrogen) atoms. The highest BCUT2D eigenvalue weighted by Gasteiger charge is 2.26. The van der Waals surface area contributed by atoms with Gasteiger partial charge in [-0.15, -0.1) is 0 Å². The van der Waals surface area contributed by atoms with Crippen LogP contribution in [0.25, 0.3) is 0 Å². The number of hydrogen-bond acceptors (Lipinski definition) is 5. The second-order valence-corrected chi connectivity index (χ2v) is 5.44. The highest BCUT2D eigenvalue weighted by Crippen LogP contribution is 2.14. The third-order valence-electron chi connectivity index (χ3n) is 2.41. The van der Waals surface area contributed by atoms with E-state index in [0.29, 0.717) is 6.61 Å². The second-order valence-electron chi connectivity index (χ2n) is 5.44. The third-order valence-corrected chi connectivity index (χ3v) is 2.41. The van der Waals surface area contributed by atoms with Crippen LogP contribution in [0.1, 0.15) is 47.5 Å². The monoisotopic (exact) mass is 284 g/mol. The van der Waals surface area contributed by atoms with Crippen LogP contribution in [-0.2, 0) is 14.3 Å². The summed E-state index contributed by atoms with van der Waals surface area (Å²) in [6.45, 7) is 9.26. The summed E-state index contributed by atoms with van der Waals surface area (Å²) in [5.74, 6) is -0.370. The Labute approximate surface area is 120 Å². The normalized spacial score (nSPS) is 12.2. The second kappa shape index (κ2) is 8.41. The first-order valence-corrected chi connectivity index (χ1v) is 6.73. The molecule has 0 aromatic heterocycles. The summed E-state index contributed by atoms with van der Waals surface area (Å²) < 4.78 is 10.1. The molecule has 1 atom stereocenters.